The minimum absolute atomic E-state index is 0.000889. The molecule has 0 bridgehead atoms. The highest BCUT2D eigenvalue weighted by Crippen LogP contribution is 2.30. The van der Waals surface area contributed by atoms with Gasteiger partial charge in [0, 0.05) is 32.7 Å². The number of hydrogen-bond acceptors (Lipinski definition) is 2. The summed E-state index contributed by atoms with van der Waals surface area (Å²) in [6.07, 6.45) is 0. The maximum Gasteiger partial charge on any atom is 0.326 e. The number of aromatic nitrogens is 1. The fourth-order valence-corrected chi connectivity index (χ4v) is 3.93. The third-order valence-corrected chi connectivity index (χ3v) is 5.78. The number of amides is 2. The minimum atomic E-state index is -0.259. The van der Waals surface area contributed by atoms with Gasteiger partial charge in [0.1, 0.15) is 5.75 Å². The van der Waals surface area contributed by atoms with Gasteiger partial charge in [-0.05, 0) is 54.1 Å². The van der Waals surface area contributed by atoms with Gasteiger partial charge < -0.3 is 15.0 Å². The number of aromatic amines is 1. The second-order valence-electron chi connectivity index (χ2n) is 9.05. The largest absolute Gasteiger partial charge is 0.495 e. The number of H-pyrrole nitrogens is 1. The number of fused-ring (bicyclic) bond motifs is 1. The van der Waals surface area contributed by atoms with E-state index < -0.39 is 0 Å². The van der Waals surface area contributed by atoms with Gasteiger partial charge >= 0.3 is 6.03 Å². The average molecular weight is 462 g/mol. The van der Waals surface area contributed by atoms with Crippen molar-refractivity contribution in [3.05, 3.63) is 89.1 Å². The number of benzene rings is 3. The number of nitrogens with one attached hydrogen (secondary N) is 2. The van der Waals surface area contributed by atoms with Crippen molar-refractivity contribution in [2.45, 2.75) is 32.7 Å². The number of hydrogen-bond donors (Lipinski definition) is 2. The zero-order valence-electron chi connectivity index (χ0n) is 19.3. The van der Waals surface area contributed by atoms with Gasteiger partial charge in [-0.2, -0.15) is 0 Å². The van der Waals surface area contributed by atoms with Gasteiger partial charge in [-0.25, -0.2) is 4.79 Å². The molecule has 0 radical (unpaired) electrons. The summed E-state index contributed by atoms with van der Waals surface area (Å²) in [6, 6.07) is 22.8. The molecule has 1 heterocycles. The highest BCUT2D eigenvalue weighted by molar-refractivity contribution is 6.30. The Kier molecular flexibility index (Phi) is 6.34. The zero-order chi connectivity index (χ0) is 23.6. The topological polar surface area (TPSA) is 57.4 Å². The van der Waals surface area contributed by atoms with Crippen LogP contribution in [0, 0.1) is 0 Å². The molecule has 0 aliphatic heterocycles. The van der Waals surface area contributed by atoms with E-state index in [1.807, 2.05) is 66.7 Å². The molecule has 4 rings (SSSR count). The van der Waals surface area contributed by atoms with Gasteiger partial charge in [0.2, 0.25) is 0 Å². The first-order chi connectivity index (χ1) is 15.7. The summed E-state index contributed by atoms with van der Waals surface area (Å²) in [5, 5.41) is 4.68. The Morgan fingerprint density at radius 1 is 1.03 bits per heavy atom. The first-order valence-electron chi connectivity index (χ1n) is 10.8. The molecule has 0 aliphatic rings. The Morgan fingerprint density at radius 3 is 2.55 bits per heavy atom. The van der Waals surface area contributed by atoms with Crippen LogP contribution in [0.3, 0.4) is 0 Å². The summed E-state index contributed by atoms with van der Waals surface area (Å²) in [5.74, 6) is 0.601. The smallest absolute Gasteiger partial charge is 0.326 e. The molecule has 33 heavy (non-hydrogen) atoms. The van der Waals surface area contributed by atoms with E-state index in [9.17, 15) is 4.79 Å². The first-order valence-corrected chi connectivity index (χ1v) is 11.2. The van der Waals surface area contributed by atoms with E-state index in [1.54, 1.807) is 12.0 Å². The number of halogens is 1. The van der Waals surface area contributed by atoms with Crippen molar-refractivity contribution in [1.29, 1.82) is 0 Å². The number of nitrogens with zero attached hydrogens (tertiary/aromatic N) is 1. The molecule has 5 nitrogen and oxygen atoms in total. The van der Waals surface area contributed by atoms with Gasteiger partial charge in [0.05, 0.1) is 19.3 Å². The van der Waals surface area contributed by atoms with Crippen LogP contribution in [0.5, 0.6) is 5.75 Å². The number of rotatable bonds is 5. The molecule has 3 aromatic carbocycles. The second kappa shape index (κ2) is 9.20. The molecule has 0 saturated heterocycles. The molecule has 0 spiro atoms. The Hall–Kier alpha value is -3.44. The van der Waals surface area contributed by atoms with E-state index in [0.29, 0.717) is 23.0 Å². The van der Waals surface area contributed by atoms with Crippen molar-refractivity contribution >= 4 is 39.9 Å². The normalized spacial score (nSPS) is 11.4. The molecular formula is C27H28ClN3O2. The minimum Gasteiger partial charge on any atom is -0.495 e. The Bertz CT molecular complexity index is 1290. The molecule has 0 fully saturated rings. The number of methoxy groups -OCH3 is 1. The molecule has 0 unspecified atom stereocenters. The lowest BCUT2D eigenvalue weighted by Crippen LogP contribution is -2.34. The highest BCUT2D eigenvalue weighted by atomic mass is 35.5. The molecule has 170 valence electrons. The first kappa shape index (κ1) is 22.7. The maximum atomic E-state index is 13.5. The van der Waals surface area contributed by atoms with Crippen LogP contribution in [0.15, 0.2) is 72.8 Å². The van der Waals surface area contributed by atoms with Gasteiger partial charge in [0.25, 0.3) is 0 Å². The number of carbonyl (C=O) groups excluding carboxylic acids is 1. The van der Waals surface area contributed by atoms with Crippen molar-refractivity contribution in [1.82, 2.24) is 4.98 Å². The zero-order valence-corrected chi connectivity index (χ0v) is 20.0. The van der Waals surface area contributed by atoms with E-state index in [-0.39, 0.29) is 11.4 Å². The number of ether oxygens (including phenoxy) is 1. The third-order valence-electron chi connectivity index (χ3n) is 5.55. The average Bonchev–Trinajstić information content (AvgIpc) is 3.22. The summed E-state index contributed by atoms with van der Waals surface area (Å²) < 4.78 is 5.40. The lowest BCUT2D eigenvalue weighted by Gasteiger charge is -2.24. The van der Waals surface area contributed by atoms with Crippen LogP contribution in [0.1, 0.15) is 32.0 Å². The molecule has 0 saturated carbocycles. The summed E-state index contributed by atoms with van der Waals surface area (Å²) in [4.78, 5) is 18.7. The van der Waals surface area contributed by atoms with Gasteiger partial charge in [-0.1, -0.05) is 56.6 Å². The van der Waals surface area contributed by atoms with E-state index in [2.05, 4.69) is 37.1 Å². The highest BCUT2D eigenvalue weighted by Gasteiger charge is 2.20. The maximum absolute atomic E-state index is 13.5. The number of carbonyl (C=O) groups is 1. The summed E-state index contributed by atoms with van der Waals surface area (Å²) in [6.45, 7) is 6.88. The van der Waals surface area contributed by atoms with Crippen molar-refractivity contribution in [3.8, 4) is 5.75 Å². The Labute approximate surface area is 199 Å². The summed E-state index contributed by atoms with van der Waals surface area (Å²) in [7, 11) is 1.58. The van der Waals surface area contributed by atoms with Crippen LogP contribution in [0.4, 0.5) is 16.2 Å². The fourth-order valence-electron chi connectivity index (χ4n) is 3.72. The van der Waals surface area contributed by atoms with Crippen molar-refractivity contribution in [2.24, 2.45) is 0 Å². The summed E-state index contributed by atoms with van der Waals surface area (Å²) >= 11 is 6.21. The molecule has 1 aromatic heterocycles. The molecule has 0 atom stereocenters. The number of para-hydroxylation sites is 2. The molecular weight excluding hydrogens is 434 g/mol. The van der Waals surface area contributed by atoms with Gasteiger partial charge in [0.15, 0.2) is 0 Å². The standard InChI is InChI=1S/C27H28ClN3O2/c1-27(2,3)25-16-19-15-21(12-13-22(19)29-25)31(17-18-8-7-9-20(28)14-18)26(32)30-23-10-5-6-11-24(23)33-4/h5-16,29H,17H2,1-4H3,(H,30,32). The van der Waals surface area contributed by atoms with E-state index in [0.717, 1.165) is 27.8 Å². The SMILES string of the molecule is COc1ccccc1NC(=O)N(Cc1cccc(Cl)c1)c1ccc2[nH]c(C(C)(C)C)cc2c1. The van der Waals surface area contributed by atoms with E-state index >= 15 is 0 Å². The molecule has 0 aliphatic carbocycles. The lowest BCUT2D eigenvalue weighted by atomic mass is 9.92. The van der Waals surface area contributed by atoms with Crippen LogP contribution in [-0.2, 0) is 12.0 Å². The van der Waals surface area contributed by atoms with Crippen molar-refractivity contribution in [3.63, 3.8) is 0 Å². The number of anilines is 2. The monoisotopic (exact) mass is 461 g/mol. The Morgan fingerprint density at radius 2 is 1.82 bits per heavy atom. The lowest BCUT2D eigenvalue weighted by molar-refractivity contribution is 0.256. The van der Waals surface area contributed by atoms with Crippen molar-refractivity contribution < 1.29 is 9.53 Å². The third kappa shape index (κ3) is 5.15. The predicted molar refractivity (Wildman–Crippen MR) is 137 cm³/mol. The molecule has 6 heteroatoms. The van der Waals surface area contributed by atoms with Gasteiger partial charge in [-0.15, -0.1) is 0 Å². The number of urea groups is 1. The van der Waals surface area contributed by atoms with E-state index in [4.69, 9.17) is 16.3 Å². The quantitative estimate of drug-likeness (QED) is 0.326. The molecule has 2 N–H and O–H groups in total. The fraction of sp³-hybridized carbons (Fsp3) is 0.222. The van der Waals surface area contributed by atoms with Crippen LogP contribution in [0.2, 0.25) is 5.02 Å². The van der Waals surface area contributed by atoms with Crippen LogP contribution < -0.4 is 15.0 Å². The van der Waals surface area contributed by atoms with Crippen LogP contribution in [0.25, 0.3) is 10.9 Å². The van der Waals surface area contributed by atoms with E-state index in [1.165, 1.54) is 0 Å². The van der Waals surface area contributed by atoms with Crippen LogP contribution >= 0.6 is 11.6 Å². The van der Waals surface area contributed by atoms with Crippen molar-refractivity contribution in [2.75, 3.05) is 17.3 Å². The second-order valence-corrected chi connectivity index (χ2v) is 9.49. The van der Waals surface area contributed by atoms with Crippen LogP contribution in [-0.4, -0.2) is 18.1 Å². The summed E-state index contributed by atoms with van der Waals surface area (Å²) in [5.41, 5.74) is 4.52. The Balaban J connectivity index is 1.72. The van der Waals surface area contributed by atoms with Gasteiger partial charge in [-0.3, -0.25) is 4.90 Å². The molecule has 4 aromatic rings. The predicted octanol–water partition coefficient (Wildman–Crippen LogP) is 7.37. The molecule has 2 amide bonds.